The van der Waals surface area contributed by atoms with Crippen molar-refractivity contribution >= 4 is 0 Å². The van der Waals surface area contributed by atoms with Crippen LogP contribution >= 0.6 is 0 Å². The van der Waals surface area contributed by atoms with Crippen LogP contribution in [0.4, 0.5) is 0 Å². The lowest BCUT2D eigenvalue weighted by Gasteiger charge is -2.13. The summed E-state index contributed by atoms with van der Waals surface area (Å²) >= 11 is 0. The van der Waals surface area contributed by atoms with Gasteiger partial charge in [-0.05, 0) is 43.6 Å². The van der Waals surface area contributed by atoms with Gasteiger partial charge < -0.3 is 0 Å². The molecule has 74 valence electrons. The maximum Gasteiger partial charge on any atom is -0.0250 e. The third-order valence-corrected chi connectivity index (χ3v) is 3.02. The average Bonchev–Trinajstić information content (AvgIpc) is 2.48. The normalized spacial score (nSPS) is 18.0. The van der Waals surface area contributed by atoms with E-state index in [2.05, 4.69) is 42.5 Å². The zero-order valence-corrected chi connectivity index (χ0v) is 8.65. The second-order valence-electron chi connectivity index (χ2n) is 4.18. The molecule has 0 saturated carbocycles. The van der Waals surface area contributed by atoms with E-state index in [0.717, 1.165) is 5.92 Å². The van der Waals surface area contributed by atoms with Crippen molar-refractivity contribution < 1.29 is 0 Å². The SMILES string of the molecule is C1=CCCC(Cc2ccccc2)CC1. The molecule has 0 heteroatoms. The highest BCUT2D eigenvalue weighted by Crippen LogP contribution is 2.22. The molecule has 14 heavy (non-hydrogen) atoms. The van der Waals surface area contributed by atoms with Gasteiger partial charge in [-0.1, -0.05) is 42.5 Å². The molecule has 0 N–H and O–H groups in total. The summed E-state index contributed by atoms with van der Waals surface area (Å²) < 4.78 is 0. The molecule has 0 atom stereocenters. The lowest BCUT2D eigenvalue weighted by Crippen LogP contribution is -2.02. The number of rotatable bonds is 2. The van der Waals surface area contributed by atoms with E-state index in [-0.39, 0.29) is 0 Å². The Morgan fingerprint density at radius 3 is 2.21 bits per heavy atom. The van der Waals surface area contributed by atoms with Crippen molar-refractivity contribution in [2.75, 3.05) is 0 Å². The first kappa shape index (κ1) is 9.51. The minimum Gasteiger partial charge on any atom is -0.0885 e. The first-order chi connectivity index (χ1) is 6.95. The fourth-order valence-electron chi connectivity index (χ4n) is 2.20. The van der Waals surface area contributed by atoms with E-state index >= 15 is 0 Å². The quantitative estimate of drug-likeness (QED) is 0.613. The summed E-state index contributed by atoms with van der Waals surface area (Å²) in [5.41, 5.74) is 1.50. The fourth-order valence-corrected chi connectivity index (χ4v) is 2.20. The molecule has 0 heterocycles. The van der Waals surface area contributed by atoms with Crippen LogP contribution in [-0.2, 0) is 6.42 Å². The van der Waals surface area contributed by atoms with E-state index in [1.165, 1.54) is 37.7 Å². The van der Waals surface area contributed by atoms with E-state index < -0.39 is 0 Å². The van der Waals surface area contributed by atoms with Gasteiger partial charge in [0.1, 0.15) is 0 Å². The monoisotopic (exact) mass is 186 g/mol. The lowest BCUT2D eigenvalue weighted by atomic mass is 9.92. The molecule has 0 saturated heterocycles. The molecule has 0 amide bonds. The predicted octanol–water partition coefficient (Wildman–Crippen LogP) is 3.98. The first-order valence-electron chi connectivity index (χ1n) is 5.64. The molecule has 0 spiro atoms. The summed E-state index contributed by atoms with van der Waals surface area (Å²) in [6, 6.07) is 10.9. The van der Waals surface area contributed by atoms with Crippen molar-refractivity contribution in [1.29, 1.82) is 0 Å². The Hall–Kier alpha value is -1.04. The summed E-state index contributed by atoms with van der Waals surface area (Å²) in [5, 5.41) is 0. The third-order valence-electron chi connectivity index (χ3n) is 3.02. The molecule has 0 aromatic heterocycles. The summed E-state index contributed by atoms with van der Waals surface area (Å²) in [6.45, 7) is 0. The van der Waals surface area contributed by atoms with Crippen LogP contribution in [0.1, 0.15) is 31.2 Å². The van der Waals surface area contributed by atoms with Crippen LogP contribution in [-0.4, -0.2) is 0 Å². The Labute approximate surface area is 86.7 Å². The van der Waals surface area contributed by atoms with Crippen LogP contribution < -0.4 is 0 Å². The third kappa shape index (κ3) is 2.73. The first-order valence-corrected chi connectivity index (χ1v) is 5.64. The highest BCUT2D eigenvalue weighted by atomic mass is 14.1. The molecule has 0 unspecified atom stereocenters. The van der Waals surface area contributed by atoms with Gasteiger partial charge in [0.25, 0.3) is 0 Å². The Morgan fingerprint density at radius 2 is 1.57 bits per heavy atom. The molecule has 0 fully saturated rings. The Morgan fingerprint density at radius 1 is 0.929 bits per heavy atom. The van der Waals surface area contributed by atoms with Gasteiger partial charge in [-0.15, -0.1) is 0 Å². The fraction of sp³-hybridized carbons (Fsp3) is 0.429. The second kappa shape index (κ2) is 4.99. The Bertz CT molecular complexity index is 274. The van der Waals surface area contributed by atoms with Gasteiger partial charge in [0, 0.05) is 0 Å². The van der Waals surface area contributed by atoms with Gasteiger partial charge in [-0.25, -0.2) is 0 Å². The molecular weight excluding hydrogens is 168 g/mol. The van der Waals surface area contributed by atoms with E-state index in [1.54, 1.807) is 0 Å². The molecule has 2 rings (SSSR count). The van der Waals surface area contributed by atoms with Gasteiger partial charge in [-0.3, -0.25) is 0 Å². The molecule has 1 aromatic carbocycles. The highest BCUT2D eigenvalue weighted by molar-refractivity contribution is 5.15. The van der Waals surface area contributed by atoms with Gasteiger partial charge >= 0.3 is 0 Å². The molecule has 0 nitrogen and oxygen atoms in total. The van der Waals surface area contributed by atoms with Gasteiger partial charge in [0.2, 0.25) is 0 Å². The largest absolute Gasteiger partial charge is 0.0885 e. The Balaban J connectivity index is 1.91. The van der Waals surface area contributed by atoms with Gasteiger partial charge in [0.05, 0.1) is 0 Å². The molecule has 1 aromatic rings. The summed E-state index contributed by atoms with van der Waals surface area (Å²) in [7, 11) is 0. The molecule has 0 bridgehead atoms. The number of allylic oxidation sites excluding steroid dienone is 2. The van der Waals surface area contributed by atoms with Crippen molar-refractivity contribution in [3.05, 3.63) is 48.0 Å². The standard InChI is InChI=1S/C14H18/c1-2-5-9-13(8-4-1)12-14-10-6-3-7-11-14/h1-3,6-7,10-11,13H,4-5,8-9,12H2. The van der Waals surface area contributed by atoms with Crippen molar-refractivity contribution in [3.8, 4) is 0 Å². The van der Waals surface area contributed by atoms with Crippen LogP contribution in [0.15, 0.2) is 42.5 Å². The van der Waals surface area contributed by atoms with E-state index in [9.17, 15) is 0 Å². The van der Waals surface area contributed by atoms with Crippen LogP contribution in [0.3, 0.4) is 0 Å². The number of benzene rings is 1. The molecule has 1 aliphatic rings. The topological polar surface area (TPSA) is 0 Å². The lowest BCUT2D eigenvalue weighted by molar-refractivity contribution is 0.465. The maximum absolute atomic E-state index is 2.34. The van der Waals surface area contributed by atoms with Crippen LogP contribution in [0.25, 0.3) is 0 Å². The minimum absolute atomic E-state index is 0.896. The van der Waals surface area contributed by atoms with Crippen LogP contribution in [0.2, 0.25) is 0 Å². The molecule has 1 aliphatic carbocycles. The van der Waals surface area contributed by atoms with Crippen molar-refractivity contribution in [2.24, 2.45) is 5.92 Å². The highest BCUT2D eigenvalue weighted by Gasteiger charge is 2.09. The Kier molecular flexibility index (Phi) is 3.39. The van der Waals surface area contributed by atoms with Crippen molar-refractivity contribution in [3.63, 3.8) is 0 Å². The predicted molar refractivity (Wildman–Crippen MR) is 61.2 cm³/mol. The minimum atomic E-state index is 0.896. The summed E-state index contributed by atoms with van der Waals surface area (Å²) in [6.07, 6.45) is 11.2. The van der Waals surface area contributed by atoms with E-state index in [1.807, 2.05) is 0 Å². The maximum atomic E-state index is 2.34. The van der Waals surface area contributed by atoms with Gasteiger partial charge in [0.15, 0.2) is 0 Å². The van der Waals surface area contributed by atoms with Crippen LogP contribution in [0.5, 0.6) is 0 Å². The summed E-state index contributed by atoms with van der Waals surface area (Å²) in [4.78, 5) is 0. The van der Waals surface area contributed by atoms with Crippen LogP contribution in [0, 0.1) is 5.92 Å². The molecular formula is C14H18. The van der Waals surface area contributed by atoms with E-state index in [0.29, 0.717) is 0 Å². The van der Waals surface area contributed by atoms with Crippen molar-refractivity contribution in [2.45, 2.75) is 32.1 Å². The smallest absolute Gasteiger partial charge is 0.0250 e. The summed E-state index contributed by atoms with van der Waals surface area (Å²) in [5.74, 6) is 0.896. The molecule has 0 aliphatic heterocycles. The number of hydrogen-bond donors (Lipinski definition) is 0. The van der Waals surface area contributed by atoms with Crippen molar-refractivity contribution in [1.82, 2.24) is 0 Å². The average molecular weight is 186 g/mol. The van der Waals surface area contributed by atoms with E-state index in [4.69, 9.17) is 0 Å². The second-order valence-corrected chi connectivity index (χ2v) is 4.18. The zero-order chi connectivity index (χ0) is 9.64. The van der Waals surface area contributed by atoms with Gasteiger partial charge in [-0.2, -0.15) is 0 Å². The number of hydrogen-bond acceptors (Lipinski definition) is 0. The zero-order valence-electron chi connectivity index (χ0n) is 8.65. The molecule has 0 radical (unpaired) electrons.